The van der Waals surface area contributed by atoms with E-state index in [-0.39, 0.29) is 11.4 Å². The van der Waals surface area contributed by atoms with Gasteiger partial charge in [0.2, 0.25) is 10.0 Å². The topological polar surface area (TPSA) is 81.4 Å². The lowest BCUT2D eigenvalue weighted by molar-refractivity contribution is 0.128. The number of rotatable bonds is 8. The van der Waals surface area contributed by atoms with Crippen molar-refractivity contribution in [1.29, 1.82) is 0 Å². The minimum atomic E-state index is -3.55. The van der Waals surface area contributed by atoms with Gasteiger partial charge in [0.25, 0.3) is 0 Å². The van der Waals surface area contributed by atoms with Crippen LogP contribution in [-0.4, -0.2) is 28.2 Å². The lowest BCUT2D eigenvalue weighted by atomic mass is 10.1. The largest absolute Gasteiger partial charge is 0.399 e. The summed E-state index contributed by atoms with van der Waals surface area (Å²) in [6.45, 7) is 9.14. The molecule has 0 atom stereocenters. The van der Waals surface area contributed by atoms with Gasteiger partial charge < -0.3 is 10.5 Å². The van der Waals surface area contributed by atoms with Gasteiger partial charge in [0.1, 0.15) is 0 Å². The van der Waals surface area contributed by atoms with Crippen LogP contribution in [0.15, 0.2) is 17.0 Å². The average molecular weight is 314 g/mol. The molecule has 0 saturated carbocycles. The third-order valence-electron chi connectivity index (χ3n) is 3.31. The Labute approximate surface area is 127 Å². The fraction of sp³-hybridized carbons (Fsp3) is 0.600. The van der Waals surface area contributed by atoms with Crippen molar-refractivity contribution in [2.45, 2.75) is 39.0 Å². The SMILES string of the molecule is Cc1cc(N)cc(S(=O)(=O)NCCOCCC(C)C)c1C. The summed E-state index contributed by atoms with van der Waals surface area (Å²) in [6, 6.07) is 3.26. The van der Waals surface area contributed by atoms with Crippen LogP contribution in [0.3, 0.4) is 0 Å². The number of hydrogen-bond donors (Lipinski definition) is 2. The van der Waals surface area contributed by atoms with Gasteiger partial charge in [-0.3, -0.25) is 0 Å². The molecule has 0 saturated heterocycles. The predicted molar refractivity (Wildman–Crippen MR) is 85.8 cm³/mol. The molecule has 1 aromatic carbocycles. The summed E-state index contributed by atoms with van der Waals surface area (Å²) in [7, 11) is -3.55. The maximum absolute atomic E-state index is 12.3. The van der Waals surface area contributed by atoms with Gasteiger partial charge in [0.15, 0.2) is 0 Å². The number of hydrogen-bond acceptors (Lipinski definition) is 4. The quantitative estimate of drug-likeness (QED) is 0.569. The van der Waals surface area contributed by atoms with Crippen LogP contribution in [0, 0.1) is 19.8 Å². The normalized spacial score (nSPS) is 12.0. The van der Waals surface area contributed by atoms with E-state index >= 15 is 0 Å². The highest BCUT2D eigenvalue weighted by atomic mass is 32.2. The molecule has 21 heavy (non-hydrogen) atoms. The first kappa shape index (κ1) is 17.9. The van der Waals surface area contributed by atoms with Crippen LogP contribution >= 0.6 is 0 Å². The van der Waals surface area contributed by atoms with Gasteiger partial charge in [-0.25, -0.2) is 13.1 Å². The fourth-order valence-corrected chi connectivity index (χ4v) is 3.24. The van der Waals surface area contributed by atoms with Crippen molar-refractivity contribution in [3.63, 3.8) is 0 Å². The van der Waals surface area contributed by atoms with Crippen molar-refractivity contribution >= 4 is 15.7 Å². The van der Waals surface area contributed by atoms with E-state index in [1.165, 1.54) is 6.07 Å². The third-order valence-corrected chi connectivity index (χ3v) is 4.90. The molecule has 0 aromatic heterocycles. The molecule has 0 unspecified atom stereocenters. The lowest BCUT2D eigenvalue weighted by Crippen LogP contribution is -2.28. The predicted octanol–water partition coefficient (Wildman–Crippen LogP) is 2.23. The van der Waals surface area contributed by atoms with E-state index in [0.717, 1.165) is 17.5 Å². The summed E-state index contributed by atoms with van der Waals surface area (Å²) >= 11 is 0. The fourth-order valence-electron chi connectivity index (χ4n) is 1.88. The molecule has 5 nitrogen and oxygen atoms in total. The monoisotopic (exact) mass is 314 g/mol. The number of benzene rings is 1. The maximum Gasteiger partial charge on any atom is 0.240 e. The first-order valence-corrected chi connectivity index (χ1v) is 8.66. The summed E-state index contributed by atoms with van der Waals surface area (Å²) in [5.74, 6) is 0.583. The molecule has 0 heterocycles. The molecule has 120 valence electrons. The Morgan fingerprint density at radius 1 is 1.24 bits per heavy atom. The van der Waals surface area contributed by atoms with E-state index in [4.69, 9.17) is 10.5 Å². The molecule has 0 amide bonds. The number of sulfonamides is 1. The number of aryl methyl sites for hydroxylation is 1. The Hall–Kier alpha value is -1.11. The second-order valence-corrected chi connectivity index (χ2v) is 7.39. The van der Waals surface area contributed by atoms with E-state index < -0.39 is 10.0 Å². The summed E-state index contributed by atoms with van der Waals surface area (Å²) in [5.41, 5.74) is 7.77. The molecule has 0 aliphatic heterocycles. The second kappa shape index (κ2) is 7.77. The summed E-state index contributed by atoms with van der Waals surface area (Å²) in [5, 5.41) is 0. The van der Waals surface area contributed by atoms with Gasteiger partial charge in [-0.1, -0.05) is 13.8 Å². The molecule has 0 bridgehead atoms. The minimum Gasteiger partial charge on any atom is -0.399 e. The van der Waals surface area contributed by atoms with Crippen molar-refractivity contribution in [2.24, 2.45) is 5.92 Å². The number of ether oxygens (including phenoxy) is 1. The molecule has 0 radical (unpaired) electrons. The van der Waals surface area contributed by atoms with E-state index in [1.54, 1.807) is 13.0 Å². The van der Waals surface area contributed by atoms with E-state index in [0.29, 0.717) is 24.8 Å². The average Bonchev–Trinajstić information content (AvgIpc) is 2.37. The highest BCUT2D eigenvalue weighted by Gasteiger charge is 2.18. The zero-order chi connectivity index (χ0) is 16.0. The Kier molecular flexibility index (Phi) is 6.64. The second-order valence-electron chi connectivity index (χ2n) is 5.65. The molecule has 0 fully saturated rings. The van der Waals surface area contributed by atoms with Crippen molar-refractivity contribution < 1.29 is 13.2 Å². The number of nitrogens with two attached hydrogens (primary N) is 1. The summed E-state index contributed by atoms with van der Waals surface area (Å²) < 4.78 is 32.5. The van der Waals surface area contributed by atoms with E-state index in [9.17, 15) is 8.42 Å². The highest BCUT2D eigenvalue weighted by Crippen LogP contribution is 2.21. The Morgan fingerprint density at radius 3 is 2.52 bits per heavy atom. The van der Waals surface area contributed by atoms with Gasteiger partial charge in [0.05, 0.1) is 11.5 Å². The van der Waals surface area contributed by atoms with Crippen LogP contribution in [0.1, 0.15) is 31.4 Å². The molecule has 1 rings (SSSR count). The van der Waals surface area contributed by atoms with Crippen LogP contribution in [0.5, 0.6) is 0 Å². The maximum atomic E-state index is 12.3. The standard InChI is InChI=1S/C15H26N2O3S/c1-11(2)5-7-20-8-6-17-21(18,19)15-10-14(16)9-12(3)13(15)4/h9-11,17H,5-8,16H2,1-4H3. The van der Waals surface area contributed by atoms with Gasteiger partial charge in [-0.05, 0) is 49.4 Å². The van der Waals surface area contributed by atoms with Crippen LogP contribution < -0.4 is 10.5 Å². The molecule has 0 spiro atoms. The zero-order valence-electron chi connectivity index (χ0n) is 13.3. The first-order valence-electron chi connectivity index (χ1n) is 7.18. The van der Waals surface area contributed by atoms with Gasteiger partial charge >= 0.3 is 0 Å². The molecule has 0 aliphatic carbocycles. The minimum absolute atomic E-state index is 0.238. The van der Waals surface area contributed by atoms with Gasteiger partial charge in [-0.15, -0.1) is 0 Å². The van der Waals surface area contributed by atoms with E-state index in [1.807, 2.05) is 6.92 Å². The van der Waals surface area contributed by atoms with Gasteiger partial charge in [-0.2, -0.15) is 0 Å². The Morgan fingerprint density at radius 2 is 1.90 bits per heavy atom. The van der Waals surface area contributed by atoms with Crippen molar-refractivity contribution in [2.75, 3.05) is 25.5 Å². The molecular weight excluding hydrogens is 288 g/mol. The van der Waals surface area contributed by atoms with Crippen LogP contribution in [0.4, 0.5) is 5.69 Å². The van der Waals surface area contributed by atoms with Crippen LogP contribution in [0.2, 0.25) is 0 Å². The van der Waals surface area contributed by atoms with E-state index in [2.05, 4.69) is 18.6 Å². The molecule has 1 aromatic rings. The molecule has 3 N–H and O–H groups in total. The lowest BCUT2D eigenvalue weighted by Gasteiger charge is -2.12. The smallest absolute Gasteiger partial charge is 0.240 e. The van der Waals surface area contributed by atoms with Crippen LogP contribution in [-0.2, 0) is 14.8 Å². The Balaban J connectivity index is 2.59. The summed E-state index contributed by atoms with van der Waals surface area (Å²) in [6.07, 6.45) is 0.972. The summed E-state index contributed by atoms with van der Waals surface area (Å²) in [4.78, 5) is 0.238. The van der Waals surface area contributed by atoms with Crippen LogP contribution in [0.25, 0.3) is 0 Å². The zero-order valence-corrected chi connectivity index (χ0v) is 14.1. The first-order chi connectivity index (χ1) is 9.74. The number of anilines is 1. The van der Waals surface area contributed by atoms with Crippen molar-refractivity contribution in [3.05, 3.63) is 23.3 Å². The Bertz CT molecular complexity index is 569. The molecule has 6 heteroatoms. The highest BCUT2D eigenvalue weighted by molar-refractivity contribution is 7.89. The number of nitrogens with one attached hydrogen (secondary N) is 1. The van der Waals surface area contributed by atoms with Gasteiger partial charge in [0, 0.05) is 18.8 Å². The third kappa shape index (κ3) is 5.65. The number of nitrogen functional groups attached to an aromatic ring is 1. The molecule has 0 aliphatic rings. The van der Waals surface area contributed by atoms with Crippen molar-refractivity contribution in [3.8, 4) is 0 Å². The van der Waals surface area contributed by atoms with Crippen molar-refractivity contribution in [1.82, 2.24) is 4.72 Å². The molecular formula is C15H26N2O3S.